The number of nitrogens with two attached hydrogens (primary N) is 1. The van der Waals surface area contributed by atoms with Crippen molar-refractivity contribution in [2.75, 3.05) is 53.2 Å². The van der Waals surface area contributed by atoms with E-state index in [0.29, 0.717) is 39.5 Å². The predicted molar refractivity (Wildman–Crippen MR) is 165 cm³/mol. The quantitative estimate of drug-likeness (QED) is 0.154. The number of carbonyl (C=O) groups excluding carboxylic acids is 1. The number of aromatic hydroxyl groups is 1. The molecule has 0 aliphatic rings. The van der Waals surface area contributed by atoms with Gasteiger partial charge < -0.3 is 35.1 Å². The van der Waals surface area contributed by atoms with E-state index in [4.69, 9.17) is 29.8 Å². The Morgan fingerprint density at radius 2 is 1.38 bits per heavy atom. The van der Waals surface area contributed by atoms with Crippen molar-refractivity contribution in [1.29, 1.82) is 0 Å². The molecule has 0 radical (unpaired) electrons. The number of phenols is 1. The molecule has 0 unspecified atom stereocenters. The number of phenolic OH excluding ortho intramolecular Hbond substituents is 1. The summed E-state index contributed by atoms with van der Waals surface area (Å²) in [5.41, 5.74) is 11.0. The fraction of sp³-hybridized carbons (Fsp3) is 0.333. The van der Waals surface area contributed by atoms with Crippen molar-refractivity contribution in [1.82, 2.24) is 4.90 Å². The average Bonchev–Trinajstić information content (AvgIpc) is 3.02. The van der Waals surface area contributed by atoms with Crippen LogP contribution in [0.5, 0.6) is 11.5 Å². The van der Waals surface area contributed by atoms with Gasteiger partial charge in [-0.3, -0.25) is 4.79 Å². The van der Waals surface area contributed by atoms with Crippen LogP contribution in [0.1, 0.15) is 30.0 Å². The second-order valence-electron chi connectivity index (χ2n) is 9.56. The summed E-state index contributed by atoms with van der Waals surface area (Å²) in [4.78, 5) is 22.7. The van der Waals surface area contributed by atoms with Gasteiger partial charge >= 0.3 is 12.1 Å². The van der Waals surface area contributed by atoms with Gasteiger partial charge in [0.15, 0.2) is 0 Å². The molecule has 3 aromatic carbocycles. The number of carboxylic acid groups (broad SMARTS) is 1. The van der Waals surface area contributed by atoms with Gasteiger partial charge in [-0.15, -0.1) is 0 Å². The number of hydrogen-bond acceptors (Lipinski definition) is 7. The third-order valence-corrected chi connectivity index (χ3v) is 6.30. The zero-order chi connectivity index (χ0) is 33.2. The van der Waals surface area contributed by atoms with E-state index in [0.717, 1.165) is 34.4 Å². The number of halogens is 3. The maximum absolute atomic E-state index is 12.2. The maximum atomic E-state index is 12.2. The van der Waals surface area contributed by atoms with E-state index in [1.54, 1.807) is 24.1 Å². The highest BCUT2D eigenvalue weighted by molar-refractivity contribution is 5.98. The minimum atomic E-state index is -5.08. The minimum Gasteiger partial charge on any atom is -0.508 e. The van der Waals surface area contributed by atoms with Gasteiger partial charge in [0, 0.05) is 13.6 Å². The molecule has 4 N–H and O–H groups in total. The normalized spacial score (nSPS) is 11.6. The first-order chi connectivity index (χ1) is 21.5. The topological polar surface area (TPSA) is 132 Å². The molecule has 1 amide bonds. The van der Waals surface area contributed by atoms with Crippen LogP contribution in [-0.4, -0.2) is 86.3 Å². The summed E-state index contributed by atoms with van der Waals surface area (Å²) in [6.45, 7) is 4.69. The van der Waals surface area contributed by atoms with Crippen LogP contribution in [0.4, 0.5) is 13.2 Å². The molecule has 0 fully saturated rings. The Morgan fingerprint density at radius 1 is 0.822 bits per heavy atom. The molecule has 0 heterocycles. The van der Waals surface area contributed by atoms with Crippen LogP contribution in [0.2, 0.25) is 0 Å². The first-order valence-corrected chi connectivity index (χ1v) is 14.2. The van der Waals surface area contributed by atoms with Crippen molar-refractivity contribution in [3.8, 4) is 11.5 Å². The summed E-state index contributed by atoms with van der Waals surface area (Å²) in [7, 11) is 1.73. The van der Waals surface area contributed by atoms with Crippen molar-refractivity contribution in [3.05, 3.63) is 95.6 Å². The van der Waals surface area contributed by atoms with Crippen LogP contribution in [0.3, 0.4) is 0 Å². The second kappa shape index (κ2) is 19.1. The lowest BCUT2D eigenvalue weighted by molar-refractivity contribution is -0.192. The zero-order valence-corrected chi connectivity index (χ0v) is 25.3. The number of rotatable bonds is 15. The Balaban J connectivity index is 0.000000900. The average molecular weight is 633 g/mol. The lowest BCUT2D eigenvalue weighted by Crippen LogP contribution is -2.34. The van der Waals surface area contributed by atoms with E-state index in [9.17, 15) is 23.1 Å². The Hall–Kier alpha value is -4.39. The molecule has 0 atom stereocenters. The Kier molecular flexibility index (Phi) is 15.6. The SMILES string of the molecule is CC/C(=C(/c1ccc(O)cc1)c1ccc(OCCN(C)C(=O)COCCOCCN)cc1)c1ccccc1.O=C(O)C(F)(F)F. The van der Waals surface area contributed by atoms with E-state index < -0.39 is 12.1 Å². The number of alkyl halides is 3. The molecule has 0 aromatic heterocycles. The molecule has 12 heteroatoms. The molecular weight excluding hydrogens is 593 g/mol. The molecular formula is C33H39F3N2O7. The molecule has 0 aliphatic heterocycles. The molecule has 3 rings (SSSR count). The monoisotopic (exact) mass is 632 g/mol. The summed E-state index contributed by atoms with van der Waals surface area (Å²) in [5, 5.41) is 16.9. The lowest BCUT2D eigenvalue weighted by atomic mass is 9.88. The summed E-state index contributed by atoms with van der Waals surface area (Å²) in [5.74, 6) is -1.90. The summed E-state index contributed by atoms with van der Waals surface area (Å²) in [6.07, 6.45) is -4.23. The number of hydrogen-bond donors (Lipinski definition) is 3. The van der Waals surface area contributed by atoms with Crippen LogP contribution in [0.15, 0.2) is 78.9 Å². The molecule has 244 valence electrons. The number of allylic oxidation sites excluding steroid dienone is 1. The van der Waals surface area contributed by atoms with Gasteiger partial charge in [0.25, 0.3) is 0 Å². The van der Waals surface area contributed by atoms with E-state index in [1.807, 2.05) is 54.6 Å². The largest absolute Gasteiger partial charge is 0.508 e. The summed E-state index contributed by atoms with van der Waals surface area (Å²) in [6, 6.07) is 25.6. The first-order valence-electron chi connectivity index (χ1n) is 14.2. The number of nitrogens with zero attached hydrogens (tertiary/aromatic N) is 1. The predicted octanol–water partition coefficient (Wildman–Crippen LogP) is 5.22. The standard InChI is InChI=1S/C31H38N2O5.C2HF3O2/c1-3-29(24-7-5-4-6-8-24)31(25-9-13-27(34)14-10-25)26-11-15-28(16-12-26)38-20-18-33(2)30(35)23-37-22-21-36-19-17-32;3-2(4,5)1(6)7/h4-16,34H,3,17-23,32H2,1-2H3;(H,6,7)/b31-29+;. The van der Waals surface area contributed by atoms with Crippen LogP contribution in [0, 0.1) is 0 Å². The first kappa shape index (κ1) is 36.8. The fourth-order valence-electron chi connectivity index (χ4n) is 4.02. The number of aliphatic carboxylic acids is 1. The number of ether oxygens (including phenoxy) is 3. The molecule has 9 nitrogen and oxygen atoms in total. The Morgan fingerprint density at radius 3 is 1.91 bits per heavy atom. The zero-order valence-electron chi connectivity index (χ0n) is 25.3. The highest BCUT2D eigenvalue weighted by atomic mass is 19.4. The van der Waals surface area contributed by atoms with Gasteiger partial charge in [-0.25, -0.2) is 4.79 Å². The van der Waals surface area contributed by atoms with Gasteiger partial charge in [-0.2, -0.15) is 13.2 Å². The van der Waals surface area contributed by atoms with Crippen LogP contribution in [-0.2, 0) is 19.1 Å². The fourth-order valence-corrected chi connectivity index (χ4v) is 4.02. The molecule has 0 saturated heterocycles. The second-order valence-corrected chi connectivity index (χ2v) is 9.56. The van der Waals surface area contributed by atoms with E-state index in [-0.39, 0.29) is 18.3 Å². The number of likely N-dealkylation sites (N-methyl/N-ethyl adjacent to an activating group) is 1. The molecule has 3 aromatic rings. The lowest BCUT2D eigenvalue weighted by Gasteiger charge is -2.18. The third-order valence-electron chi connectivity index (χ3n) is 6.30. The van der Waals surface area contributed by atoms with Crippen molar-refractivity contribution < 1.29 is 47.2 Å². The van der Waals surface area contributed by atoms with Crippen molar-refractivity contribution in [2.45, 2.75) is 19.5 Å². The molecule has 0 saturated carbocycles. The van der Waals surface area contributed by atoms with E-state index >= 15 is 0 Å². The third kappa shape index (κ3) is 13.0. The van der Waals surface area contributed by atoms with Crippen molar-refractivity contribution in [3.63, 3.8) is 0 Å². The van der Waals surface area contributed by atoms with Gasteiger partial charge in [0.05, 0.1) is 26.4 Å². The minimum absolute atomic E-state index is 0.00469. The number of carboxylic acids is 1. The Labute approximate surface area is 260 Å². The molecule has 0 bridgehead atoms. The van der Waals surface area contributed by atoms with Crippen molar-refractivity contribution >= 4 is 23.0 Å². The van der Waals surface area contributed by atoms with Gasteiger partial charge in [-0.1, -0.05) is 61.5 Å². The molecule has 45 heavy (non-hydrogen) atoms. The summed E-state index contributed by atoms with van der Waals surface area (Å²) < 4.78 is 48.2. The molecule has 0 spiro atoms. The van der Waals surface area contributed by atoms with Crippen LogP contribution < -0.4 is 10.5 Å². The van der Waals surface area contributed by atoms with Crippen molar-refractivity contribution in [2.24, 2.45) is 5.73 Å². The maximum Gasteiger partial charge on any atom is 0.490 e. The van der Waals surface area contributed by atoms with Crippen LogP contribution in [0.25, 0.3) is 11.1 Å². The summed E-state index contributed by atoms with van der Waals surface area (Å²) >= 11 is 0. The Bertz CT molecular complexity index is 1350. The highest BCUT2D eigenvalue weighted by Gasteiger charge is 2.38. The van der Waals surface area contributed by atoms with Gasteiger partial charge in [0.2, 0.25) is 5.91 Å². The number of amides is 1. The highest BCUT2D eigenvalue weighted by Crippen LogP contribution is 2.35. The smallest absolute Gasteiger partial charge is 0.490 e. The number of benzene rings is 3. The van der Waals surface area contributed by atoms with Gasteiger partial charge in [-0.05, 0) is 58.5 Å². The number of carbonyl (C=O) groups is 2. The van der Waals surface area contributed by atoms with E-state index in [1.165, 1.54) is 5.57 Å². The molecule has 0 aliphatic carbocycles. The van der Waals surface area contributed by atoms with Crippen LogP contribution >= 0.6 is 0 Å². The van der Waals surface area contributed by atoms with Gasteiger partial charge in [0.1, 0.15) is 24.7 Å². The van der Waals surface area contributed by atoms with E-state index in [2.05, 4.69) is 19.1 Å².